The van der Waals surface area contributed by atoms with Crippen molar-refractivity contribution >= 4 is 5.97 Å². The van der Waals surface area contributed by atoms with E-state index in [0.29, 0.717) is 0 Å². The van der Waals surface area contributed by atoms with E-state index in [1.54, 1.807) is 0 Å². The van der Waals surface area contributed by atoms with Crippen molar-refractivity contribution in [2.24, 2.45) is 11.8 Å². The minimum absolute atomic E-state index is 0.0772. The van der Waals surface area contributed by atoms with Crippen LogP contribution in [-0.2, 0) is 9.53 Å². The van der Waals surface area contributed by atoms with Crippen LogP contribution in [0.2, 0.25) is 0 Å². The van der Waals surface area contributed by atoms with Gasteiger partial charge in [-0.15, -0.1) is 0 Å². The van der Waals surface area contributed by atoms with Gasteiger partial charge in [-0.05, 0) is 19.0 Å². The summed E-state index contributed by atoms with van der Waals surface area (Å²) in [6.07, 6.45) is 5.14. The van der Waals surface area contributed by atoms with Crippen LogP contribution in [-0.4, -0.2) is 60.9 Å². The Bertz CT molecular complexity index is 458. The summed E-state index contributed by atoms with van der Waals surface area (Å²) in [5.41, 5.74) is 1.81. The number of nitrogens with zero attached hydrogens (tertiary/aromatic N) is 2. The molecule has 1 fully saturated rings. The number of aliphatic hydroxyl groups excluding tert-OH is 1. The highest BCUT2D eigenvalue weighted by Crippen LogP contribution is 2.45. The van der Waals surface area contributed by atoms with Gasteiger partial charge in [0, 0.05) is 31.1 Å². The molecule has 0 aromatic rings. The third-order valence-electron chi connectivity index (χ3n) is 4.63. The van der Waals surface area contributed by atoms with E-state index in [9.17, 15) is 9.90 Å². The fourth-order valence-corrected chi connectivity index (χ4v) is 3.72. The number of ether oxygens (including phenoxy) is 1. The number of allylic oxidation sites excluding steroid dienone is 1. The topological polar surface area (TPSA) is 53.0 Å². The molecule has 2 heterocycles. The van der Waals surface area contributed by atoms with Crippen molar-refractivity contribution in [1.82, 2.24) is 9.80 Å². The van der Waals surface area contributed by atoms with Gasteiger partial charge in [0.2, 0.25) is 0 Å². The third-order valence-corrected chi connectivity index (χ3v) is 4.63. The molecule has 1 saturated heterocycles. The fourth-order valence-electron chi connectivity index (χ4n) is 3.72. The second-order valence-corrected chi connectivity index (χ2v) is 5.51. The van der Waals surface area contributed by atoms with Crippen LogP contribution < -0.4 is 0 Å². The third kappa shape index (κ3) is 1.80. The molecule has 5 nitrogen and oxygen atoms in total. The summed E-state index contributed by atoms with van der Waals surface area (Å²) < 4.78 is 4.91. The van der Waals surface area contributed by atoms with Crippen molar-refractivity contribution in [3.8, 4) is 0 Å². The maximum absolute atomic E-state index is 12.0. The number of rotatable bonds is 2. The van der Waals surface area contributed by atoms with Crippen molar-refractivity contribution < 1.29 is 14.6 Å². The van der Waals surface area contributed by atoms with Crippen LogP contribution >= 0.6 is 0 Å². The van der Waals surface area contributed by atoms with Gasteiger partial charge in [0.25, 0.3) is 0 Å². The van der Waals surface area contributed by atoms with Gasteiger partial charge in [-0.3, -0.25) is 4.90 Å². The highest BCUT2D eigenvalue weighted by atomic mass is 16.5. The summed E-state index contributed by atoms with van der Waals surface area (Å²) in [6, 6.07) is 0. The molecule has 3 aliphatic rings. The van der Waals surface area contributed by atoms with Gasteiger partial charge in [0.15, 0.2) is 0 Å². The van der Waals surface area contributed by atoms with Crippen LogP contribution in [0.25, 0.3) is 0 Å². The van der Waals surface area contributed by atoms with Crippen LogP contribution in [0.1, 0.15) is 6.42 Å². The van der Waals surface area contributed by atoms with Crippen molar-refractivity contribution in [2.75, 3.05) is 33.9 Å². The van der Waals surface area contributed by atoms with Gasteiger partial charge in [-0.25, -0.2) is 4.79 Å². The van der Waals surface area contributed by atoms with Crippen molar-refractivity contribution in [2.45, 2.75) is 12.6 Å². The molecule has 0 aromatic heterocycles. The Morgan fingerprint density at radius 2 is 2.32 bits per heavy atom. The monoisotopic (exact) mass is 264 g/mol. The number of aliphatic hydroxyl groups is 1. The quantitative estimate of drug-likeness (QED) is 0.570. The average molecular weight is 264 g/mol. The van der Waals surface area contributed by atoms with Crippen molar-refractivity contribution in [1.29, 1.82) is 0 Å². The maximum atomic E-state index is 12.0. The molecule has 104 valence electrons. The number of hydrogen-bond acceptors (Lipinski definition) is 5. The van der Waals surface area contributed by atoms with Crippen LogP contribution in [0.15, 0.2) is 23.4 Å². The fraction of sp³-hybridized carbons (Fsp3) is 0.643. The molecular formula is C14H20N2O3. The van der Waals surface area contributed by atoms with E-state index in [1.165, 1.54) is 7.11 Å². The molecular weight excluding hydrogens is 244 g/mol. The smallest absolute Gasteiger partial charge is 0.335 e. The minimum Gasteiger partial charge on any atom is -0.466 e. The zero-order valence-corrected chi connectivity index (χ0v) is 11.4. The lowest BCUT2D eigenvalue weighted by Crippen LogP contribution is -2.48. The minimum atomic E-state index is -0.240. The van der Waals surface area contributed by atoms with Crippen LogP contribution in [0.3, 0.4) is 0 Å². The molecule has 1 N–H and O–H groups in total. The summed E-state index contributed by atoms with van der Waals surface area (Å²) >= 11 is 0. The van der Waals surface area contributed by atoms with E-state index >= 15 is 0 Å². The summed E-state index contributed by atoms with van der Waals surface area (Å²) in [7, 11) is 3.53. The largest absolute Gasteiger partial charge is 0.466 e. The number of methoxy groups -OCH3 is 1. The van der Waals surface area contributed by atoms with Crippen LogP contribution in [0.5, 0.6) is 0 Å². The lowest BCUT2D eigenvalue weighted by Gasteiger charge is -2.41. The summed E-state index contributed by atoms with van der Waals surface area (Å²) in [4.78, 5) is 16.5. The number of esters is 1. The maximum Gasteiger partial charge on any atom is 0.335 e. The summed E-state index contributed by atoms with van der Waals surface area (Å²) in [5.74, 6) is 0.114. The zero-order valence-electron chi connectivity index (χ0n) is 11.4. The van der Waals surface area contributed by atoms with Crippen LogP contribution in [0.4, 0.5) is 0 Å². The Hall–Kier alpha value is -1.33. The molecule has 0 amide bonds. The molecule has 19 heavy (non-hydrogen) atoms. The Labute approximate surface area is 113 Å². The lowest BCUT2D eigenvalue weighted by atomic mass is 9.80. The first-order valence-corrected chi connectivity index (χ1v) is 6.73. The first kappa shape index (κ1) is 12.7. The van der Waals surface area contributed by atoms with Crippen molar-refractivity contribution in [3.63, 3.8) is 0 Å². The SMILES string of the molecule is COC(=O)C1=CN2CCN(C)C2[C@@H]2C(CO)=CC[C@H]12. The van der Waals surface area contributed by atoms with Gasteiger partial charge >= 0.3 is 5.97 Å². The van der Waals surface area contributed by atoms with Gasteiger partial charge in [-0.2, -0.15) is 0 Å². The molecule has 1 aliphatic carbocycles. The first-order valence-electron chi connectivity index (χ1n) is 6.73. The lowest BCUT2D eigenvalue weighted by molar-refractivity contribution is -0.137. The standard InChI is InChI=1S/C14H20N2O3/c1-15-5-6-16-7-11(14(18)19-2)10-4-3-9(8-17)12(10)13(15)16/h3,7,10,12-13,17H,4-6,8H2,1-2H3/t10-,12-,13?/m1/s1. The molecule has 0 saturated carbocycles. The van der Waals surface area contributed by atoms with E-state index < -0.39 is 0 Å². The van der Waals surface area contributed by atoms with Crippen LogP contribution in [0, 0.1) is 11.8 Å². The van der Waals surface area contributed by atoms with E-state index in [2.05, 4.69) is 22.9 Å². The molecule has 5 heteroatoms. The van der Waals surface area contributed by atoms with Gasteiger partial charge < -0.3 is 14.7 Å². The zero-order chi connectivity index (χ0) is 13.6. The molecule has 1 unspecified atom stereocenters. The highest BCUT2D eigenvalue weighted by Gasteiger charge is 2.48. The average Bonchev–Trinajstić information content (AvgIpc) is 3.00. The molecule has 3 atom stereocenters. The van der Waals surface area contributed by atoms with Crippen molar-refractivity contribution in [3.05, 3.63) is 23.4 Å². The molecule has 3 rings (SSSR count). The summed E-state index contributed by atoms with van der Waals surface area (Å²) in [6.45, 7) is 1.98. The van der Waals surface area contributed by atoms with Gasteiger partial charge in [-0.1, -0.05) is 6.08 Å². The van der Waals surface area contributed by atoms with E-state index in [4.69, 9.17) is 4.74 Å². The van der Waals surface area contributed by atoms with E-state index in [1.807, 2.05) is 6.20 Å². The highest BCUT2D eigenvalue weighted by molar-refractivity contribution is 5.89. The van der Waals surface area contributed by atoms with Gasteiger partial charge in [0.1, 0.15) is 0 Å². The molecule has 0 aromatic carbocycles. The van der Waals surface area contributed by atoms with E-state index in [-0.39, 0.29) is 30.6 Å². The Kier molecular flexibility index (Phi) is 3.11. The number of carbonyl (C=O) groups is 1. The predicted octanol–water partition coefficient (Wildman–Crippen LogP) is 0.185. The van der Waals surface area contributed by atoms with Gasteiger partial charge in [0.05, 0.1) is 25.5 Å². The second kappa shape index (κ2) is 4.65. The first-order chi connectivity index (χ1) is 9.17. The molecule has 0 spiro atoms. The number of hydrogen-bond donors (Lipinski definition) is 1. The molecule has 0 radical (unpaired) electrons. The number of fused-ring (bicyclic) bond motifs is 3. The summed E-state index contributed by atoms with van der Waals surface area (Å²) in [5, 5.41) is 9.55. The normalized spacial score (nSPS) is 33.6. The molecule has 2 aliphatic heterocycles. The number of likely N-dealkylation sites (N-methyl/N-ethyl adjacent to an activating group) is 1. The Balaban J connectivity index is 2.00. The molecule has 0 bridgehead atoms. The Morgan fingerprint density at radius 1 is 1.53 bits per heavy atom. The predicted molar refractivity (Wildman–Crippen MR) is 70.0 cm³/mol. The van der Waals surface area contributed by atoms with E-state index in [0.717, 1.165) is 30.7 Å². The Morgan fingerprint density at radius 3 is 3.00 bits per heavy atom. The number of carbonyl (C=O) groups excluding carboxylic acids is 1. The second-order valence-electron chi connectivity index (χ2n) is 5.51.